The lowest BCUT2D eigenvalue weighted by Gasteiger charge is -2.36. The van der Waals surface area contributed by atoms with Crippen molar-refractivity contribution in [2.75, 3.05) is 6.61 Å². The quantitative estimate of drug-likeness (QED) is 0.652. The van der Waals surface area contributed by atoms with E-state index in [4.69, 9.17) is 4.43 Å². The van der Waals surface area contributed by atoms with Gasteiger partial charge in [-0.3, -0.25) is 0 Å². The van der Waals surface area contributed by atoms with Crippen LogP contribution in [0.25, 0.3) is 16.8 Å². The van der Waals surface area contributed by atoms with Crippen LogP contribution in [0.1, 0.15) is 20.8 Å². The van der Waals surface area contributed by atoms with E-state index in [9.17, 15) is 0 Å². The van der Waals surface area contributed by atoms with E-state index in [1.165, 1.54) is 0 Å². The molecule has 0 aliphatic rings. The van der Waals surface area contributed by atoms with Crippen molar-refractivity contribution in [3.8, 4) is 11.3 Å². The molecule has 3 aromatic heterocycles. The lowest BCUT2D eigenvalue weighted by Crippen LogP contribution is -2.41. The average molecular weight is 343 g/mol. The molecule has 0 atom stereocenters. The van der Waals surface area contributed by atoms with Crippen LogP contribution in [0.15, 0.2) is 43.1 Å². The largest absolute Gasteiger partial charge is 0.415 e. The van der Waals surface area contributed by atoms with E-state index >= 15 is 0 Å². The van der Waals surface area contributed by atoms with Gasteiger partial charge in [-0.2, -0.15) is 5.10 Å². The molecule has 0 saturated carbocycles. The van der Waals surface area contributed by atoms with Gasteiger partial charge in [0.2, 0.25) is 0 Å². The fourth-order valence-electron chi connectivity index (χ4n) is 2.32. The van der Waals surface area contributed by atoms with E-state index in [-0.39, 0.29) is 5.04 Å². The number of hydrogen-bond donors (Lipinski definition) is 0. The summed E-state index contributed by atoms with van der Waals surface area (Å²) in [5, 5.41) is 4.52. The molecule has 0 fully saturated rings. The number of pyridine rings is 1. The fourth-order valence-corrected chi connectivity index (χ4v) is 3.35. The minimum absolute atomic E-state index is 0.242. The zero-order valence-electron chi connectivity index (χ0n) is 15.2. The van der Waals surface area contributed by atoms with Crippen molar-refractivity contribution in [3.05, 3.63) is 43.1 Å². The SMILES string of the molecule is CC(C)(C)[Si](C)(C)OCCn1cnc(-c2ccc3ccnn3c2)c1. The third-order valence-corrected chi connectivity index (χ3v) is 9.48. The molecule has 0 aromatic carbocycles. The van der Waals surface area contributed by atoms with Gasteiger partial charge >= 0.3 is 0 Å². The average Bonchev–Trinajstić information content (AvgIpc) is 3.13. The molecule has 0 aliphatic heterocycles. The molecule has 0 unspecified atom stereocenters. The van der Waals surface area contributed by atoms with Crippen molar-refractivity contribution in [1.29, 1.82) is 0 Å². The summed E-state index contributed by atoms with van der Waals surface area (Å²) < 4.78 is 10.2. The summed E-state index contributed by atoms with van der Waals surface area (Å²) in [4.78, 5) is 4.52. The topological polar surface area (TPSA) is 44.3 Å². The molecule has 0 spiro atoms. The Morgan fingerprint density at radius 2 is 1.92 bits per heavy atom. The molecule has 6 heteroatoms. The molecule has 0 saturated heterocycles. The highest BCUT2D eigenvalue weighted by atomic mass is 28.4. The Morgan fingerprint density at radius 1 is 1.12 bits per heavy atom. The predicted molar refractivity (Wildman–Crippen MR) is 99.6 cm³/mol. The molecule has 3 heterocycles. The Kier molecular flexibility index (Phi) is 4.36. The second kappa shape index (κ2) is 6.18. The molecule has 0 aliphatic carbocycles. The van der Waals surface area contributed by atoms with Gasteiger partial charge in [-0.1, -0.05) is 20.8 Å². The number of rotatable bonds is 5. The Morgan fingerprint density at radius 3 is 2.67 bits per heavy atom. The van der Waals surface area contributed by atoms with Gasteiger partial charge in [-0.05, 0) is 36.3 Å². The van der Waals surface area contributed by atoms with Crippen LogP contribution in [0.4, 0.5) is 0 Å². The zero-order valence-corrected chi connectivity index (χ0v) is 16.2. The van der Waals surface area contributed by atoms with Crippen LogP contribution in [0.5, 0.6) is 0 Å². The number of aromatic nitrogens is 4. The molecule has 3 aromatic rings. The molecule has 128 valence electrons. The van der Waals surface area contributed by atoms with Crippen LogP contribution in [0.2, 0.25) is 18.1 Å². The van der Waals surface area contributed by atoms with Crippen LogP contribution in [-0.2, 0) is 11.0 Å². The molecule has 0 amide bonds. The lowest BCUT2D eigenvalue weighted by atomic mass is 10.2. The zero-order chi connectivity index (χ0) is 17.4. The highest BCUT2D eigenvalue weighted by Crippen LogP contribution is 2.36. The number of imidazole rings is 1. The number of nitrogens with zero attached hydrogens (tertiary/aromatic N) is 4. The minimum atomic E-state index is -1.68. The second-order valence-corrected chi connectivity index (χ2v) is 12.5. The van der Waals surface area contributed by atoms with Crippen LogP contribution in [-0.4, -0.2) is 34.1 Å². The summed E-state index contributed by atoms with van der Waals surface area (Å²) in [6.07, 6.45) is 7.75. The molecule has 0 bridgehead atoms. The van der Waals surface area contributed by atoms with Crippen molar-refractivity contribution in [3.63, 3.8) is 0 Å². The summed E-state index contributed by atoms with van der Waals surface area (Å²) >= 11 is 0. The molecule has 3 rings (SSSR count). The van der Waals surface area contributed by atoms with Crippen molar-refractivity contribution in [1.82, 2.24) is 19.2 Å². The van der Waals surface area contributed by atoms with Gasteiger partial charge in [0, 0.05) is 30.7 Å². The third kappa shape index (κ3) is 3.44. The molecule has 0 N–H and O–H groups in total. The van der Waals surface area contributed by atoms with Crippen molar-refractivity contribution in [2.24, 2.45) is 0 Å². The monoisotopic (exact) mass is 342 g/mol. The van der Waals surface area contributed by atoms with Crippen molar-refractivity contribution < 1.29 is 4.43 Å². The van der Waals surface area contributed by atoms with Crippen molar-refractivity contribution in [2.45, 2.75) is 45.4 Å². The van der Waals surface area contributed by atoms with Gasteiger partial charge < -0.3 is 8.99 Å². The molecular formula is C18H26N4OSi. The predicted octanol–water partition coefficient (Wildman–Crippen LogP) is 4.22. The van der Waals surface area contributed by atoms with E-state index in [1.54, 1.807) is 6.20 Å². The Balaban J connectivity index is 1.65. The normalized spacial score (nSPS) is 12.9. The first-order chi connectivity index (χ1) is 11.3. The van der Waals surface area contributed by atoms with Crippen LogP contribution in [0, 0.1) is 0 Å². The van der Waals surface area contributed by atoms with E-state index in [2.05, 4.69) is 66.8 Å². The smallest absolute Gasteiger partial charge is 0.192 e. The lowest BCUT2D eigenvalue weighted by molar-refractivity contribution is 0.271. The Bertz CT molecular complexity index is 829. The first kappa shape index (κ1) is 16.9. The first-order valence-corrected chi connectivity index (χ1v) is 11.3. The summed E-state index contributed by atoms with van der Waals surface area (Å²) in [6.45, 7) is 12.9. The van der Waals surface area contributed by atoms with Gasteiger partial charge in [0.25, 0.3) is 0 Å². The summed E-state index contributed by atoms with van der Waals surface area (Å²) in [5.41, 5.74) is 3.11. The maximum Gasteiger partial charge on any atom is 0.192 e. The highest BCUT2D eigenvalue weighted by Gasteiger charge is 2.36. The maximum atomic E-state index is 6.24. The van der Waals surface area contributed by atoms with Gasteiger partial charge in [0.05, 0.1) is 24.1 Å². The fraction of sp³-hybridized carbons (Fsp3) is 0.444. The van der Waals surface area contributed by atoms with Gasteiger partial charge in [-0.25, -0.2) is 9.50 Å². The number of fused-ring (bicyclic) bond motifs is 1. The summed E-state index contributed by atoms with van der Waals surface area (Å²) in [6, 6.07) is 6.12. The van der Waals surface area contributed by atoms with Crippen LogP contribution >= 0.6 is 0 Å². The molecule has 5 nitrogen and oxygen atoms in total. The maximum absolute atomic E-state index is 6.24. The molecule has 24 heavy (non-hydrogen) atoms. The van der Waals surface area contributed by atoms with Crippen molar-refractivity contribution >= 4 is 13.8 Å². The molecular weight excluding hydrogens is 316 g/mol. The third-order valence-electron chi connectivity index (χ3n) is 4.94. The summed E-state index contributed by atoms with van der Waals surface area (Å²) in [5.74, 6) is 0. The Labute approximate surface area is 144 Å². The highest BCUT2D eigenvalue weighted by molar-refractivity contribution is 6.74. The second-order valence-electron chi connectivity index (χ2n) is 7.72. The van der Waals surface area contributed by atoms with E-state index < -0.39 is 8.32 Å². The van der Waals surface area contributed by atoms with Gasteiger partial charge in [0.1, 0.15) is 0 Å². The van der Waals surface area contributed by atoms with E-state index in [0.717, 1.165) is 29.9 Å². The summed E-state index contributed by atoms with van der Waals surface area (Å²) in [7, 11) is -1.68. The standard InChI is InChI=1S/C18H26N4OSi/c1-18(2,3)24(4,5)23-11-10-21-13-17(19-14-21)15-6-7-16-8-9-20-22(16)12-15/h6-9,12-14H,10-11H2,1-5H3. The Hall–Kier alpha value is -1.92. The number of hydrogen-bond acceptors (Lipinski definition) is 3. The molecule has 0 radical (unpaired) electrons. The van der Waals surface area contributed by atoms with Gasteiger partial charge in [0.15, 0.2) is 8.32 Å². The van der Waals surface area contributed by atoms with Crippen LogP contribution < -0.4 is 0 Å². The van der Waals surface area contributed by atoms with Crippen LogP contribution in [0.3, 0.4) is 0 Å². The van der Waals surface area contributed by atoms with E-state index in [1.807, 2.05) is 23.1 Å². The first-order valence-electron chi connectivity index (χ1n) is 8.36. The van der Waals surface area contributed by atoms with E-state index in [0.29, 0.717) is 0 Å². The van der Waals surface area contributed by atoms with Gasteiger partial charge in [-0.15, -0.1) is 0 Å². The minimum Gasteiger partial charge on any atom is -0.415 e.